The molecule has 0 spiro atoms. The fourth-order valence-corrected chi connectivity index (χ4v) is 1.29. The SMILES string of the molecule is C/C=c1/cc(C(=O)OCC)nc/c1=C/C. The zero-order valence-electron chi connectivity index (χ0n) is 9.28. The van der Waals surface area contributed by atoms with Gasteiger partial charge in [-0.3, -0.25) is 0 Å². The maximum Gasteiger partial charge on any atom is 0.356 e. The van der Waals surface area contributed by atoms with Crippen molar-refractivity contribution in [1.82, 2.24) is 4.98 Å². The monoisotopic (exact) mass is 205 g/mol. The summed E-state index contributed by atoms with van der Waals surface area (Å²) in [6.45, 7) is 6.01. The average molecular weight is 205 g/mol. The molecule has 1 aromatic rings. The highest BCUT2D eigenvalue weighted by Crippen LogP contribution is 1.91. The van der Waals surface area contributed by atoms with Gasteiger partial charge in [0.05, 0.1) is 6.61 Å². The van der Waals surface area contributed by atoms with Crippen LogP contribution in [0.25, 0.3) is 12.2 Å². The van der Waals surface area contributed by atoms with E-state index in [1.165, 1.54) is 0 Å². The number of nitrogens with zero attached hydrogens (tertiary/aromatic N) is 1. The Hall–Kier alpha value is -1.64. The van der Waals surface area contributed by atoms with Crippen LogP contribution < -0.4 is 10.4 Å². The third kappa shape index (κ3) is 2.65. The van der Waals surface area contributed by atoms with Crippen molar-refractivity contribution in [1.29, 1.82) is 0 Å². The molecule has 0 aromatic carbocycles. The highest BCUT2D eigenvalue weighted by atomic mass is 16.5. The van der Waals surface area contributed by atoms with Crippen LogP contribution in [0.4, 0.5) is 0 Å². The molecule has 1 heterocycles. The summed E-state index contributed by atoms with van der Waals surface area (Å²) in [6, 6.07) is 1.74. The number of carbonyl (C=O) groups is 1. The standard InChI is InChI=1S/C12H15NO2/c1-4-9-7-11(12(14)15-6-3)13-8-10(9)5-2/h4-5,7-8H,6H2,1-3H3/b9-4-,10-5-. The summed E-state index contributed by atoms with van der Waals surface area (Å²) in [7, 11) is 0. The highest BCUT2D eigenvalue weighted by molar-refractivity contribution is 5.87. The Morgan fingerprint density at radius 1 is 1.40 bits per heavy atom. The van der Waals surface area contributed by atoms with Gasteiger partial charge in [0, 0.05) is 6.20 Å². The lowest BCUT2D eigenvalue weighted by Crippen LogP contribution is -2.27. The first kappa shape index (κ1) is 11.4. The van der Waals surface area contributed by atoms with Crippen molar-refractivity contribution >= 4 is 18.1 Å². The van der Waals surface area contributed by atoms with Crippen LogP contribution in [0.3, 0.4) is 0 Å². The number of ether oxygens (including phenoxy) is 1. The second kappa shape index (κ2) is 5.29. The zero-order chi connectivity index (χ0) is 11.3. The van der Waals surface area contributed by atoms with Crippen LogP contribution in [-0.4, -0.2) is 17.6 Å². The summed E-state index contributed by atoms with van der Waals surface area (Å²) in [5.41, 5.74) is 0.357. The molecule has 3 heteroatoms. The molecule has 0 aliphatic rings. The summed E-state index contributed by atoms with van der Waals surface area (Å²) < 4.78 is 4.88. The van der Waals surface area contributed by atoms with E-state index in [0.29, 0.717) is 12.3 Å². The summed E-state index contributed by atoms with van der Waals surface area (Å²) in [6.07, 6.45) is 5.58. The molecule has 0 atom stereocenters. The Balaban J connectivity index is 3.21. The van der Waals surface area contributed by atoms with Crippen LogP contribution in [0.1, 0.15) is 31.3 Å². The molecule has 3 nitrogen and oxygen atoms in total. The number of pyridine rings is 1. The first-order chi connectivity index (χ1) is 7.22. The summed E-state index contributed by atoms with van der Waals surface area (Å²) in [5, 5.41) is 2.01. The molecule has 0 aliphatic heterocycles. The Morgan fingerprint density at radius 3 is 2.60 bits per heavy atom. The molecule has 0 amide bonds. The van der Waals surface area contributed by atoms with E-state index in [0.717, 1.165) is 10.4 Å². The zero-order valence-corrected chi connectivity index (χ0v) is 9.28. The van der Waals surface area contributed by atoms with Crippen LogP contribution in [0.2, 0.25) is 0 Å². The molecular weight excluding hydrogens is 190 g/mol. The van der Waals surface area contributed by atoms with E-state index in [1.54, 1.807) is 19.2 Å². The number of hydrogen-bond acceptors (Lipinski definition) is 3. The Kier molecular flexibility index (Phi) is 4.03. The molecule has 1 rings (SSSR count). The quantitative estimate of drug-likeness (QED) is 0.672. The van der Waals surface area contributed by atoms with E-state index in [9.17, 15) is 4.79 Å². The van der Waals surface area contributed by atoms with E-state index < -0.39 is 0 Å². The molecule has 0 fully saturated rings. The molecule has 0 saturated carbocycles. The smallest absolute Gasteiger partial charge is 0.356 e. The van der Waals surface area contributed by atoms with E-state index in [1.807, 2.05) is 26.0 Å². The molecule has 0 saturated heterocycles. The average Bonchev–Trinajstić information content (AvgIpc) is 2.28. The van der Waals surface area contributed by atoms with Crippen molar-refractivity contribution in [2.75, 3.05) is 6.61 Å². The van der Waals surface area contributed by atoms with E-state index >= 15 is 0 Å². The first-order valence-electron chi connectivity index (χ1n) is 4.98. The number of rotatable bonds is 2. The summed E-state index contributed by atoms with van der Waals surface area (Å²) in [5.74, 6) is -0.372. The fourth-order valence-electron chi connectivity index (χ4n) is 1.29. The third-order valence-corrected chi connectivity index (χ3v) is 2.07. The molecule has 15 heavy (non-hydrogen) atoms. The van der Waals surface area contributed by atoms with Gasteiger partial charge in [0.1, 0.15) is 5.69 Å². The minimum atomic E-state index is -0.372. The number of carbonyl (C=O) groups excluding carboxylic acids is 1. The first-order valence-corrected chi connectivity index (χ1v) is 4.98. The van der Waals surface area contributed by atoms with Gasteiger partial charge in [-0.1, -0.05) is 12.2 Å². The largest absolute Gasteiger partial charge is 0.461 e. The Morgan fingerprint density at radius 2 is 2.07 bits per heavy atom. The number of hydrogen-bond donors (Lipinski definition) is 0. The van der Waals surface area contributed by atoms with Crippen LogP contribution in [0, 0.1) is 0 Å². The van der Waals surface area contributed by atoms with Crippen LogP contribution in [0.5, 0.6) is 0 Å². The van der Waals surface area contributed by atoms with Gasteiger partial charge in [0.2, 0.25) is 0 Å². The maximum atomic E-state index is 11.4. The molecule has 80 valence electrons. The molecule has 0 unspecified atom stereocenters. The number of esters is 1. The molecule has 0 N–H and O–H groups in total. The van der Waals surface area contributed by atoms with Crippen LogP contribution >= 0.6 is 0 Å². The third-order valence-electron chi connectivity index (χ3n) is 2.07. The van der Waals surface area contributed by atoms with Gasteiger partial charge in [0.15, 0.2) is 0 Å². The predicted octanol–water partition coefficient (Wildman–Crippen LogP) is 0.859. The minimum Gasteiger partial charge on any atom is -0.461 e. The Labute approximate surface area is 89.1 Å². The molecule has 1 aromatic heterocycles. The second-order valence-corrected chi connectivity index (χ2v) is 3.00. The predicted molar refractivity (Wildman–Crippen MR) is 59.7 cm³/mol. The van der Waals surface area contributed by atoms with Crippen molar-refractivity contribution < 1.29 is 9.53 Å². The normalized spacial score (nSPS) is 13.0. The summed E-state index contributed by atoms with van der Waals surface area (Å²) in [4.78, 5) is 15.5. The van der Waals surface area contributed by atoms with E-state index in [2.05, 4.69) is 4.98 Å². The van der Waals surface area contributed by atoms with Gasteiger partial charge >= 0.3 is 5.97 Å². The van der Waals surface area contributed by atoms with Gasteiger partial charge in [-0.2, -0.15) is 0 Å². The van der Waals surface area contributed by atoms with E-state index in [4.69, 9.17) is 4.74 Å². The van der Waals surface area contributed by atoms with Gasteiger partial charge in [-0.15, -0.1) is 0 Å². The van der Waals surface area contributed by atoms with E-state index in [-0.39, 0.29) is 5.97 Å². The minimum absolute atomic E-state index is 0.357. The highest BCUT2D eigenvalue weighted by Gasteiger charge is 2.06. The second-order valence-electron chi connectivity index (χ2n) is 3.00. The van der Waals surface area contributed by atoms with Crippen LogP contribution in [0.15, 0.2) is 12.3 Å². The van der Waals surface area contributed by atoms with Crippen LogP contribution in [-0.2, 0) is 4.74 Å². The van der Waals surface area contributed by atoms with Crippen molar-refractivity contribution in [2.45, 2.75) is 20.8 Å². The molecule has 0 radical (unpaired) electrons. The maximum absolute atomic E-state index is 11.4. The molecular formula is C12H15NO2. The molecule has 0 aliphatic carbocycles. The Bertz CT molecular complexity index is 463. The fraction of sp³-hybridized carbons (Fsp3) is 0.333. The lowest BCUT2D eigenvalue weighted by atomic mass is 10.2. The summed E-state index contributed by atoms with van der Waals surface area (Å²) >= 11 is 0. The van der Waals surface area contributed by atoms with Gasteiger partial charge in [-0.05, 0) is 37.3 Å². The van der Waals surface area contributed by atoms with Crippen molar-refractivity contribution in [3.8, 4) is 0 Å². The topological polar surface area (TPSA) is 39.2 Å². The van der Waals surface area contributed by atoms with Gasteiger partial charge in [0.25, 0.3) is 0 Å². The van der Waals surface area contributed by atoms with Gasteiger partial charge in [-0.25, -0.2) is 9.78 Å². The lowest BCUT2D eigenvalue weighted by molar-refractivity contribution is 0.0519. The van der Waals surface area contributed by atoms with Crippen molar-refractivity contribution in [2.24, 2.45) is 0 Å². The van der Waals surface area contributed by atoms with Crippen molar-refractivity contribution in [3.05, 3.63) is 28.4 Å². The van der Waals surface area contributed by atoms with Crippen molar-refractivity contribution in [3.63, 3.8) is 0 Å². The number of aromatic nitrogens is 1. The molecule has 0 bridgehead atoms. The van der Waals surface area contributed by atoms with Gasteiger partial charge < -0.3 is 4.74 Å². The lowest BCUT2D eigenvalue weighted by Gasteiger charge is -2.00.